The molecule has 0 fully saturated rings. The second-order valence-corrected chi connectivity index (χ2v) is 7.33. The lowest BCUT2D eigenvalue weighted by atomic mass is 9.79. The van der Waals surface area contributed by atoms with Gasteiger partial charge in [0.15, 0.2) is 0 Å². The van der Waals surface area contributed by atoms with Crippen molar-refractivity contribution in [2.24, 2.45) is 0 Å². The molecule has 0 radical (unpaired) electrons. The fraction of sp³-hybridized carbons (Fsp3) is 0.647. The van der Waals surface area contributed by atoms with Crippen LogP contribution in [0.5, 0.6) is 5.75 Å². The van der Waals surface area contributed by atoms with Gasteiger partial charge in [-0.3, -0.25) is 0 Å². The quantitative estimate of drug-likeness (QED) is 0.821. The maximum absolute atomic E-state index is 6.35. The van der Waals surface area contributed by atoms with Crippen molar-refractivity contribution in [1.29, 1.82) is 0 Å². The molecule has 106 valence electrons. The molecule has 0 aliphatic carbocycles. The molecule has 0 amide bonds. The lowest BCUT2D eigenvalue weighted by molar-refractivity contribution is 0.0647. The first kappa shape index (κ1) is 14.4. The third-order valence-corrected chi connectivity index (χ3v) is 3.99. The largest absolute Gasteiger partial charge is 0.487 e. The Kier molecular flexibility index (Phi) is 3.42. The van der Waals surface area contributed by atoms with Gasteiger partial charge in [-0.25, -0.2) is 0 Å². The van der Waals surface area contributed by atoms with Crippen LogP contribution < -0.4 is 10.1 Å². The summed E-state index contributed by atoms with van der Waals surface area (Å²) in [4.78, 5) is 0. The summed E-state index contributed by atoms with van der Waals surface area (Å²) in [6.45, 7) is 13.3. The van der Waals surface area contributed by atoms with Crippen LogP contribution in [-0.2, 0) is 5.41 Å². The molecule has 1 aliphatic rings. The minimum absolute atomic E-state index is 0.101. The van der Waals surface area contributed by atoms with Crippen molar-refractivity contribution in [2.75, 3.05) is 7.05 Å². The van der Waals surface area contributed by atoms with Crippen LogP contribution in [0.15, 0.2) is 12.1 Å². The Morgan fingerprint density at radius 3 is 2.42 bits per heavy atom. The Morgan fingerprint density at radius 1 is 1.26 bits per heavy atom. The SMILES string of the molecule is CNC1CC(C)(C)Oc2c(C(C)(C)C)ccc(C)c21. The third kappa shape index (κ3) is 2.64. The average molecular weight is 261 g/mol. The van der Waals surface area contributed by atoms with Gasteiger partial charge in [0, 0.05) is 18.0 Å². The number of aryl methyl sites for hydroxylation is 1. The van der Waals surface area contributed by atoms with Crippen LogP contribution in [0.4, 0.5) is 0 Å². The molecule has 1 N–H and O–H groups in total. The summed E-state index contributed by atoms with van der Waals surface area (Å²) in [7, 11) is 2.04. The summed E-state index contributed by atoms with van der Waals surface area (Å²) in [5.74, 6) is 1.10. The van der Waals surface area contributed by atoms with Gasteiger partial charge >= 0.3 is 0 Å². The standard InChI is InChI=1S/C17H27NO/c1-11-8-9-12(16(2,3)4)15-14(11)13(18-7)10-17(5,6)19-15/h8-9,13,18H,10H2,1-7H3. The third-order valence-electron chi connectivity index (χ3n) is 3.99. The zero-order chi connectivity index (χ0) is 14.4. The molecular formula is C17H27NO. The molecule has 1 aromatic rings. The first-order valence-electron chi connectivity index (χ1n) is 7.16. The van der Waals surface area contributed by atoms with Gasteiger partial charge in [-0.15, -0.1) is 0 Å². The number of hydrogen-bond donors (Lipinski definition) is 1. The van der Waals surface area contributed by atoms with Gasteiger partial charge in [-0.2, -0.15) is 0 Å². The molecule has 19 heavy (non-hydrogen) atoms. The van der Waals surface area contributed by atoms with Gasteiger partial charge in [-0.1, -0.05) is 32.9 Å². The van der Waals surface area contributed by atoms with Gasteiger partial charge in [0.2, 0.25) is 0 Å². The molecule has 2 rings (SSSR count). The van der Waals surface area contributed by atoms with E-state index in [1.807, 2.05) is 7.05 Å². The van der Waals surface area contributed by atoms with E-state index in [1.54, 1.807) is 0 Å². The predicted molar refractivity (Wildman–Crippen MR) is 81.0 cm³/mol. The van der Waals surface area contributed by atoms with Crippen molar-refractivity contribution in [3.63, 3.8) is 0 Å². The van der Waals surface area contributed by atoms with E-state index >= 15 is 0 Å². The lowest BCUT2D eigenvalue weighted by Gasteiger charge is -2.41. The maximum Gasteiger partial charge on any atom is 0.128 e. The van der Waals surface area contributed by atoms with Gasteiger partial charge in [0.05, 0.1) is 0 Å². The molecule has 0 saturated heterocycles. The van der Waals surface area contributed by atoms with Crippen molar-refractivity contribution in [3.8, 4) is 5.75 Å². The number of ether oxygens (including phenoxy) is 1. The van der Waals surface area contributed by atoms with Crippen LogP contribution in [0.25, 0.3) is 0 Å². The monoisotopic (exact) mass is 261 g/mol. The highest BCUT2D eigenvalue weighted by atomic mass is 16.5. The minimum Gasteiger partial charge on any atom is -0.487 e. The normalized spacial score (nSPS) is 21.7. The maximum atomic E-state index is 6.35. The van der Waals surface area contributed by atoms with Crippen molar-refractivity contribution in [3.05, 3.63) is 28.8 Å². The van der Waals surface area contributed by atoms with E-state index in [9.17, 15) is 0 Å². The fourth-order valence-electron chi connectivity index (χ4n) is 2.99. The second kappa shape index (κ2) is 4.52. The van der Waals surface area contributed by atoms with Crippen molar-refractivity contribution in [1.82, 2.24) is 5.32 Å². The second-order valence-electron chi connectivity index (χ2n) is 7.33. The molecule has 1 heterocycles. The topological polar surface area (TPSA) is 21.3 Å². The lowest BCUT2D eigenvalue weighted by Crippen LogP contribution is -2.40. The van der Waals surface area contributed by atoms with Crippen LogP contribution in [-0.4, -0.2) is 12.6 Å². The van der Waals surface area contributed by atoms with E-state index in [2.05, 4.69) is 59.0 Å². The molecule has 2 nitrogen and oxygen atoms in total. The first-order valence-corrected chi connectivity index (χ1v) is 7.16. The highest BCUT2D eigenvalue weighted by molar-refractivity contribution is 5.52. The van der Waals surface area contributed by atoms with Crippen LogP contribution in [0.3, 0.4) is 0 Å². The molecule has 0 saturated carbocycles. The van der Waals surface area contributed by atoms with Crippen molar-refractivity contribution < 1.29 is 4.74 Å². The van der Waals surface area contributed by atoms with Crippen LogP contribution in [0, 0.1) is 6.92 Å². The highest BCUT2D eigenvalue weighted by Crippen LogP contribution is 2.46. The van der Waals surface area contributed by atoms with Crippen molar-refractivity contribution in [2.45, 2.75) is 65.0 Å². The Labute approximate surface area is 117 Å². The molecule has 1 aromatic carbocycles. The summed E-state index contributed by atoms with van der Waals surface area (Å²) >= 11 is 0. The smallest absolute Gasteiger partial charge is 0.128 e. The molecule has 2 heteroatoms. The van der Waals surface area contributed by atoms with Crippen LogP contribution in [0.1, 0.15) is 63.8 Å². The van der Waals surface area contributed by atoms with E-state index < -0.39 is 0 Å². The van der Waals surface area contributed by atoms with E-state index in [1.165, 1.54) is 16.7 Å². The van der Waals surface area contributed by atoms with Gasteiger partial charge in [0.1, 0.15) is 11.4 Å². The Bertz CT molecular complexity index is 483. The predicted octanol–water partition coefficient (Wildman–Crippen LogP) is 4.11. The molecule has 0 spiro atoms. The summed E-state index contributed by atoms with van der Waals surface area (Å²) in [5.41, 5.74) is 3.95. The van der Waals surface area contributed by atoms with E-state index in [-0.39, 0.29) is 11.0 Å². The molecular weight excluding hydrogens is 234 g/mol. The van der Waals surface area contributed by atoms with E-state index in [0.717, 1.165) is 12.2 Å². The molecule has 0 bridgehead atoms. The minimum atomic E-state index is -0.117. The summed E-state index contributed by atoms with van der Waals surface area (Å²) < 4.78 is 6.35. The van der Waals surface area contributed by atoms with Crippen LogP contribution in [0.2, 0.25) is 0 Å². The molecule has 0 aromatic heterocycles. The zero-order valence-corrected chi connectivity index (χ0v) is 13.3. The molecule has 1 aliphatic heterocycles. The summed E-state index contributed by atoms with van der Waals surface area (Å²) in [6.07, 6.45) is 1.00. The fourth-order valence-corrected chi connectivity index (χ4v) is 2.99. The molecule has 1 atom stereocenters. The number of nitrogens with one attached hydrogen (secondary N) is 1. The van der Waals surface area contributed by atoms with Gasteiger partial charge < -0.3 is 10.1 Å². The average Bonchev–Trinajstić information content (AvgIpc) is 2.24. The van der Waals surface area contributed by atoms with Crippen molar-refractivity contribution >= 4 is 0 Å². The Morgan fingerprint density at radius 2 is 1.89 bits per heavy atom. The summed E-state index contributed by atoms with van der Waals surface area (Å²) in [5, 5.41) is 3.46. The van der Waals surface area contributed by atoms with Crippen LogP contribution >= 0.6 is 0 Å². The van der Waals surface area contributed by atoms with E-state index in [0.29, 0.717) is 6.04 Å². The van der Waals surface area contributed by atoms with E-state index in [4.69, 9.17) is 4.74 Å². The first-order chi connectivity index (χ1) is 8.65. The Hall–Kier alpha value is -1.02. The zero-order valence-electron chi connectivity index (χ0n) is 13.3. The number of rotatable bonds is 1. The van der Waals surface area contributed by atoms with Gasteiger partial charge in [0.25, 0.3) is 0 Å². The number of fused-ring (bicyclic) bond motifs is 1. The summed E-state index contributed by atoms with van der Waals surface area (Å²) in [6, 6.07) is 4.83. The number of benzene rings is 1. The number of hydrogen-bond acceptors (Lipinski definition) is 2. The highest BCUT2D eigenvalue weighted by Gasteiger charge is 2.37. The molecule has 1 unspecified atom stereocenters. The van der Waals surface area contributed by atoms with Gasteiger partial charge in [-0.05, 0) is 44.4 Å². The Balaban J connectivity index is 2.67.